The smallest absolute Gasteiger partial charge is 0.407 e. The molecule has 0 heterocycles. The second-order valence-corrected chi connectivity index (χ2v) is 6.08. The van der Waals surface area contributed by atoms with Crippen molar-refractivity contribution in [2.45, 2.75) is 51.2 Å². The van der Waals surface area contributed by atoms with Gasteiger partial charge >= 0.3 is 6.09 Å². The molecule has 5 heteroatoms. The van der Waals surface area contributed by atoms with E-state index in [2.05, 4.69) is 5.32 Å². The number of carbonyl (C=O) groups excluding carboxylic acids is 1. The maximum absolute atomic E-state index is 11.4. The van der Waals surface area contributed by atoms with Crippen LogP contribution in [0.5, 0.6) is 0 Å². The molecule has 1 fully saturated rings. The van der Waals surface area contributed by atoms with E-state index in [-0.39, 0.29) is 11.7 Å². The Balaban J connectivity index is 2.12. The van der Waals surface area contributed by atoms with E-state index in [1.165, 1.54) is 0 Å². The lowest BCUT2D eigenvalue weighted by molar-refractivity contribution is -0.0986. The Labute approximate surface area is 109 Å². The Morgan fingerprint density at radius 3 is 2.50 bits per heavy atom. The van der Waals surface area contributed by atoms with E-state index in [9.17, 15) is 4.79 Å². The van der Waals surface area contributed by atoms with Gasteiger partial charge in [0.2, 0.25) is 0 Å². The van der Waals surface area contributed by atoms with Crippen LogP contribution in [0.1, 0.15) is 40.0 Å². The predicted octanol–water partition coefficient (Wildman–Crippen LogP) is 1.66. The van der Waals surface area contributed by atoms with Crippen molar-refractivity contribution in [2.24, 2.45) is 11.7 Å². The van der Waals surface area contributed by atoms with Gasteiger partial charge in [0.1, 0.15) is 5.60 Å². The predicted molar refractivity (Wildman–Crippen MR) is 70.4 cm³/mol. The second-order valence-electron chi connectivity index (χ2n) is 6.08. The third kappa shape index (κ3) is 4.46. The van der Waals surface area contributed by atoms with E-state index in [4.69, 9.17) is 15.2 Å². The topological polar surface area (TPSA) is 73.6 Å². The number of ether oxygens (including phenoxy) is 2. The molecule has 1 aliphatic rings. The quantitative estimate of drug-likeness (QED) is 0.786. The van der Waals surface area contributed by atoms with Gasteiger partial charge in [-0.2, -0.15) is 0 Å². The van der Waals surface area contributed by atoms with Gasteiger partial charge in [0.25, 0.3) is 0 Å². The van der Waals surface area contributed by atoms with Crippen LogP contribution in [0.2, 0.25) is 0 Å². The van der Waals surface area contributed by atoms with Crippen molar-refractivity contribution in [2.75, 3.05) is 20.2 Å². The Morgan fingerprint density at radius 2 is 2.06 bits per heavy atom. The number of hydrogen-bond donors (Lipinski definition) is 2. The number of nitrogens with two attached hydrogens (primary N) is 1. The fourth-order valence-corrected chi connectivity index (χ4v) is 2.31. The minimum atomic E-state index is -0.439. The summed E-state index contributed by atoms with van der Waals surface area (Å²) in [6.07, 6.45) is 2.56. The highest BCUT2D eigenvalue weighted by Gasteiger charge is 2.42. The van der Waals surface area contributed by atoms with Crippen molar-refractivity contribution >= 4 is 6.09 Å². The first-order valence-electron chi connectivity index (χ1n) is 6.52. The molecule has 0 spiro atoms. The van der Waals surface area contributed by atoms with Gasteiger partial charge in [-0.3, -0.25) is 0 Å². The molecule has 1 rings (SSSR count). The summed E-state index contributed by atoms with van der Waals surface area (Å²) in [5, 5.41) is 2.77. The van der Waals surface area contributed by atoms with Crippen LogP contribution in [0.15, 0.2) is 0 Å². The van der Waals surface area contributed by atoms with E-state index >= 15 is 0 Å². The van der Waals surface area contributed by atoms with E-state index in [0.29, 0.717) is 19.0 Å². The van der Waals surface area contributed by atoms with Crippen LogP contribution in [0.25, 0.3) is 0 Å². The molecule has 3 N–H and O–H groups in total. The third-order valence-electron chi connectivity index (χ3n) is 3.35. The first kappa shape index (κ1) is 15.2. The lowest BCUT2D eigenvalue weighted by atomic mass is 9.69. The number of alkyl carbamates (subject to hydrolysis) is 1. The summed E-state index contributed by atoms with van der Waals surface area (Å²) in [5.74, 6) is 0.587. The van der Waals surface area contributed by atoms with E-state index in [0.717, 1.165) is 19.3 Å². The molecule has 0 aliphatic heterocycles. The van der Waals surface area contributed by atoms with Crippen LogP contribution >= 0.6 is 0 Å². The molecule has 0 aromatic heterocycles. The average molecular weight is 258 g/mol. The highest BCUT2D eigenvalue weighted by atomic mass is 16.6. The van der Waals surface area contributed by atoms with Gasteiger partial charge in [-0.15, -0.1) is 0 Å². The van der Waals surface area contributed by atoms with Crippen molar-refractivity contribution in [3.05, 3.63) is 0 Å². The number of nitrogens with one attached hydrogen (secondary N) is 1. The number of rotatable bonds is 5. The van der Waals surface area contributed by atoms with Gasteiger partial charge in [0.05, 0.1) is 5.60 Å². The average Bonchev–Trinajstić information content (AvgIpc) is 2.19. The molecule has 0 aromatic rings. The monoisotopic (exact) mass is 258 g/mol. The summed E-state index contributed by atoms with van der Waals surface area (Å²) in [5.41, 5.74) is 5.12. The molecule has 0 bridgehead atoms. The van der Waals surface area contributed by atoms with Crippen LogP contribution < -0.4 is 11.1 Å². The summed E-state index contributed by atoms with van der Waals surface area (Å²) in [6.45, 7) is 6.77. The van der Waals surface area contributed by atoms with Crippen LogP contribution in [0, 0.1) is 5.92 Å². The van der Waals surface area contributed by atoms with Crippen molar-refractivity contribution < 1.29 is 14.3 Å². The van der Waals surface area contributed by atoms with Crippen LogP contribution in [-0.4, -0.2) is 37.5 Å². The van der Waals surface area contributed by atoms with Gasteiger partial charge in [-0.05, 0) is 46.0 Å². The molecule has 0 unspecified atom stereocenters. The van der Waals surface area contributed by atoms with Crippen LogP contribution in [0.3, 0.4) is 0 Å². The van der Waals surface area contributed by atoms with Crippen molar-refractivity contribution in [1.82, 2.24) is 5.32 Å². The normalized spacial score (nSPS) is 27.5. The van der Waals surface area contributed by atoms with E-state index in [1.54, 1.807) is 7.11 Å². The highest BCUT2D eigenvalue weighted by molar-refractivity contribution is 5.67. The van der Waals surface area contributed by atoms with Crippen molar-refractivity contribution in [3.8, 4) is 0 Å². The van der Waals surface area contributed by atoms with Crippen molar-refractivity contribution in [1.29, 1.82) is 0 Å². The molecule has 1 saturated carbocycles. The summed E-state index contributed by atoms with van der Waals surface area (Å²) in [7, 11) is 1.71. The maximum Gasteiger partial charge on any atom is 0.407 e. The third-order valence-corrected chi connectivity index (χ3v) is 3.35. The maximum atomic E-state index is 11.4. The van der Waals surface area contributed by atoms with Gasteiger partial charge < -0.3 is 20.5 Å². The minimum absolute atomic E-state index is 0.114. The molecule has 1 amide bonds. The zero-order chi connectivity index (χ0) is 13.8. The van der Waals surface area contributed by atoms with Crippen LogP contribution in [0.4, 0.5) is 4.79 Å². The Morgan fingerprint density at radius 1 is 1.44 bits per heavy atom. The fraction of sp³-hybridized carbons (Fsp3) is 0.923. The number of methoxy groups -OCH3 is 1. The SMILES string of the molecule is COC1(CN)CC(CCNC(=O)OC(C)(C)C)C1. The Hall–Kier alpha value is -0.810. The molecular weight excluding hydrogens is 232 g/mol. The summed E-state index contributed by atoms with van der Waals surface area (Å²) >= 11 is 0. The van der Waals surface area contributed by atoms with Gasteiger partial charge in [-0.1, -0.05) is 0 Å². The molecule has 106 valence electrons. The Kier molecular flexibility index (Phi) is 4.99. The molecule has 0 radical (unpaired) electrons. The van der Waals surface area contributed by atoms with Crippen LogP contribution in [-0.2, 0) is 9.47 Å². The number of amides is 1. The van der Waals surface area contributed by atoms with Gasteiger partial charge in [0, 0.05) is 20.2 Å². The zero-order valence-corrected chi connectivity index (χ0v) is 11.9. The minimum Gasteiger partial charge on any atom is -0.444 e. The molecule has 5 nitrogen and oxygen atoms in total. The largest absolute Gasteiger partial charge is 0.444 e. The Bertz CT molecular complexity index is 274. The lowest BCUT2D eigenvalue weighted by Gasteiger charge is -2.46. The highest BCUT2D eigenvalue weighted by Crippen LogP contribution is 2.41. The summed E-state index contributed by atoms with van der Waals surface area (Å²) < 4.78 is 10.6. The molecule has 1 aliphatic carbocycles. The molecule has 0 saturated heterocycles. The number of carbonyl (C=O) groups is 1. The van der Waals surface area contributed by atoms with Gasteiger partial charge in [0.15, 0.2) is 0 Å². The molecule has 0 aromatic carbocycles. The lowest BCUT2D eigenvalue weighted by Crippen LogP contribution is -2.51. The summed E-state index contributed by atoms with van der Waals surface area (Å²) in [4.78, 5) is 11.4. The van der Waals surface area contributed by atoms with E-state index in [1.807, 2.05) is 20.8 Å². The van der Waals surface area contributed by atoms with E-state index < -0.39 is 5.60 Å². The second kappa shape index (κ2) is 5.89. The van der Waals surface area contributed by atoms with Gasteiger partial charge in [-0.25, -0.2) is 4.79 Å². The molecule has 18 heavy (non-hydrogen) atoms. The zero-order valence-electron chi connectivity index (χ0n) is 11.9. The first-order valence-corrected chi connectivity index (χ1v) is 6.52. The molecular formula is C13H26N2O3. The van der Waals surface area contributed by atoms with Crippen molar-refractivity contribution in [3.63, 3.8) is 0 Å². The first-order chi connectivity index (χ1) is 8.30. The number of hydrogen-bond acceptors (Lipinski definition) is 4. The fourth-order valence-electron chi connectivity index (χ4n) is 2.31. The molecule has 0 atom stereocenters. The summed E-state index contributed by atoms with van der Waals surface area (Å²) in [6, 6.07) is 0. The standard InChI is InChI=1S/C13H26N2O3/c1-12(2,3)18-11(16)15-6-5-10-7-13(8-10,9-14)17-4/h10H,5-9,14H2,1-4H3,(H,15,16).